The maximum atomic E-state index is 12.5. The quantitative estimate of drug-likeness (QED) is 0.824. The SMILES string of the molecule is Cc1ccc(Cl)cc1NC(=O)c1ccc(CS(=O)(=O)N2CCOCC2)cc1. The van der Waals surface area contributed by atoms with Crippen molar-refractivity contribution in [3.8, 4) is 0 Å². The molecule has 1 N–H and O–H groups in total. The van der Waals surface area contributed by atoms with Gasteiger partial charge in [0.05, 0.1) is 19.0 Å². The standard InChI is InChI=1S/C19H21ClN2O4S/c1-14-2-7-17(20)12-18(14)21-19(23)16-5-3-15(4-6-16)13-27(24,25)22-8-10-26-11-9-22/h2-7,12H,8-11,13H2,1H3,(H,21,23). The third-order valence-electron chi connectivity index (χ3n) is 4.38. The lowest BCUT2D eigenvalue weighted by Crippen LogP contribution is -2.41. The molecule has 0 aromatic heterocycles. The van der Waals surface area contributed by atoms with Gasteiger partial charge >= 0.3 is 0 Å². The van der Waals surface area contributed by atoms with E-state index in [1.165, 1.54) is 4.31 Å². The van der Waals surface area contributed by atoms with Crippen molar-refractivity contribution in [3.63, 3.8) is 0 Å². The second kappa shape index (κ2) is 8.39. The van der Waals surface area contributed by atoms with E-state index in [2.05, 4.69) is 5.32 Å². The largest absolute Gasteiger partial charge is 0.379 e. The minimum absolute atomic E-state index is 0.0949. The Bertz CT molecular complexity index is 923. The minimum atomic E-state index is -3.39. The molecule has 6 nitrogen and oxygen atoms in total. The molecule has 0 radical (unpaired) electrons. The summed E-state index contributed by atoms with van der Waals surface area (Å²) in [5.74, 6) is -0.370. The summed E-state index contributed by atoms with van der Waals surface area (Å²) >= 11 is 5.97. The lowest BCUT2D eigenvalue weighted by atomic mass is 10.1. The molecule has 0 bridgehead atoms. The first kappa shape index (κ1) is 19.8. The zero-order valence-corrected chi connectivity index (χ0v) is 16.5. The van der Waals surface area contributed by atoms with Gasteiger partial charge in [-0.05, 0) is 42.3 Å². The Labute approximate surface area is 164 Å². The number of carbonyl (C=O) groups is 1. The highest BCUT2D eigenvalue weighted by Crippen LogP contribution is 2.21. The second-order valence-electron chi connectivity index (χ2n) is 6.38. The Morgan fingerprint density at radius 2 is 1.81 bits per heavy atom. The highest BCUT2D eigenvalue weighted by molar-refractivity contribution is 7.88. The molecule has 8 heteroatoms. The number of sulfonamides is 1. The third kappa shape index (κ3) is 5.07. The molecule has 1 aliphatic heterocycles. The van der Waals surface area contributed by atoms with Gasteiger partial charge < -0.3 is 10.1 Å². The average molecular weight is 409 g/mol. The fourth-order valence-corrected chi connectivity index (χ4v) is 4.48. The first-order valence-electron chi connectivity index (χ1n) is 8.57. The van der Waals surface area contributed by atoms with Gasteiger partial charge in [-0.1, -0.05) is 29.8 Å². The predicted octanol–water partition coefficient (Wildman–Crippen LogP) is 3.06. The van der Waals surface area contributed by atoms with E-state index in [1.807, 2.05) is 13.0 Å². The molecule has 3 rings (SSSR count). The molecule has 1 amide bonds. The number of nitrogens with one attached hydrogen (secondary N) is 1. The summed E-state index contributed by atoms with van der Waals surface area (Å²) in [4.78, 5) is 12.4. The number of halogens is 1. The smallest absolute Gasteiger partial charge is 0.255 e. The Balaban J connectivity index is 1.67. The number of aryl methyl sites for hydroxylation is 1. The zero-order chi connectivity index (χ0) is 19.4. The number of rotatable bonds is 5. The number of hydrogen-bond acceptors (Lipinski definition) is 4. The number of anilines is 1. The molecule has 1 aliphatic rings. The van der Waals surface area contributed by atoms with E-state index < -0.39 is 10.0 Å². The fourth-order valence-electron chi connectivity index (χ4n) is 2.80. The molecule has 2 aromatic rings. The summed E-state index contributed by atoms with van der Waals surface area (Å²) in [6, 6.07) is 11.9. The normalized spacial score (nSPS) is 15.5. The van der Waals surface area contributed by atoms with Crippen molar-refractivity contribution in [3.05, 3.63) is 64.2 Å². The molecule has 0 aliphatic carbocycles. The van der Waals surface area contributed by atoms with Crippen LogP contribution in [-0.2, 0) is 20.5 Å². The number of nitrogens with zero attached hydrogens (tertiary/aromatic N) is 1. The molecule has 0 spiro atoms. The van der Waals surface area contributed by atoms with E-state index >= 15 is 0 Å². The van der Waals surface area contributed by atoms with Crippen LogP contribution >= 0.6 is 11.6 Å². The Hall–Kier alpha value is -1.93. The van der Waals surface area contributed by atoms with Crippen LogP contribution in [0.3, 0.4) is 0 Å². The topological polar surface area (TPSA) is 75.7 Å². The monoisotopic (exact) mass is 408 g/mol. The van der Waals surface area contributed by atoms with Crippen LogP contribution < -0.4 is 5.32 Å². The Morgan fingerprint density at radius 3 is 2.48 bits per heavy atom. The number of hydrogen-bond donors (Lipinski definition) is 1. The summed E-state index contributed by atoms with van der Waals surface area (Å²) in [7, 11) is -3.39. The molecule has 2 aromatic carbocycles. The molecular weight excluding hydrogens is 388 g/mol. The lowest BCUT2D eigenvalue weighted by molar-refractivity contribution is 0.0729. The van der Waals surface area contributed by atoms with E-state index in [0.717, 1.165) is 5.56 Å². The van der Waals surface area contributed by atoms with Crippen molar-refractivity contribution >= 4 is 33.2 Å². The first-order valence-corrected chi connectivity index (χ1v) is 10.6. The fraction of sp³-hybridized carbons (Fsp3) is 0.316. The summed E-state index contributed by atoms with van der Waals surface area (Å²) in [6.07, 6.45) is 0. The molecule has 144 valence electrons. The molecule has 0 saturated carbocycles. The summed E-state index contributed by atoms with van der Waals surface area (Å²) in [6.45, 7) is 3.47. The van der Waals surface area contributed by atoms with Gasteiger partial charge in [0.15, 0.2) is 0 Å². The van der Waals surface area contributed by atoms with Crippen LogP contribution in [-0.4, -0.2) is 44.9 Å². The zero-order valence-electron chi connectivity index (χ0n) is 14.9. The summed E-state index contributed by atoms with van der Waals surface area (Å²) in [5.41, 5.74) is 2.63. The van der Waals surface area contributed by atoms with Crippen molar-refractivity contribution in [2.45, 2.75) is 12.7 Å². The number of morpholine rings is 1. The van der Waals surface area contributed by atoms with Crippen molar-refractivity contribution in [1.82, 2.24) is 4.31 Å². The van der Waals surface area contributed by atoms with Crippen molar-refractivity contribution in [1.29, 1.82) is 0 Å². The van der Waals surface area contributed by atoms with Gasteiger partial charge in [-0.3, -0.25) is 4.79 Å². The van der Waals surface area contributed by atoms with Crippen LogP contribution in [0.15, 0.2) is 42.5 Å². The van der Waals surface area contributed by atoms with E-state index in [1.54, 1.807) is 36.4 Å². The third-order valence-corrected chi connectivity index (χ3v) is 6.46. The van der Waals surface area contributed by atoms with Gasteiger partial charge in [-0.2, -0.15) is 4.31 Å². The van der Waals surface area contributed by atoms with Gasteiger partial charge in [-0.25, -0.2) is 8.42 Å². The van der Waals surface area contributed by atoms with Crippen LogP contribution in [0.5, 0.6) is 0 Å². The van der Waals surface area contributed by atoms with Crippen molar-refractivity contribution in [2.24, 2.45) is 0 Å². The number of ether oxygens (including phenoxy) is 1. The van der Waals surface area contributed by atoms with Crippen LogP contribution in [0.25, 0.3) is 0 Å². The molecule has 0 atom stereocenters. The first-order chi connectivity index (χ1) is 12.8. The highest BCUT2D eigenvalue weighted by Gasteiger charge is 2.24. The maximum Gasteiger partial charge on any atom is 0.255 e. The van der Waals surface area contributed by atoms with E-state index in [-0.39, 0.29) is 11.7 Å². The number of carbonyl (C=O) groups excluding carboxylic acids is 1. The van der Waals surface area contributed by atoms with E-state index in [0.29, 0.717) is 48.1 Å². The second-order valence-corrected chi connectivity index (χ2v) is 8.78. The maximum absolute atomic E-state index is 12.5. The molecule has 1 fully saturated rings. The number of amides is 1. The van der Waals surface area contributed by atoms with Crippen LogP contribution in [0, 0.1) is 6.92 Å². The Kier molecular flexibility index (Phi) is 6.16. The van der Waals surface area contributed by atoms with Gasteiger partial charge in [0, 0.05) is 29.4 Å². The highest BCUT2D eigenvalue weighted by atomic mass is 35.5. The molecule has 0 unspecified atom stereocenters. The minimum Gasteiger partial charge on any atom is -0.379 e. The van der Waals surface area contributed by atoms with Crippen LogP contribution in [0.1, 0.15) is 21.5 Å². The molecule has 1 saturated heterocycles. The van der Waals surface area contributed by atoms with Crippen molar-refractivity contribution in [2.75, 3.05) is 31.6 Å². The average Bonchev–Trinajstić information content (AvgIpc) is 2.66. The Morgan fingerprint density at radius 1 is 1.15 bits per heavy atom. The molecular formula is C19H21ClN2O4S. The predicted molar refractivity (Wildman–Crippen MR) is 106 cm³/mol. The number of benzene rings is 2. The van der Waals surface area contributed by atoms with Crippen molar-refractivity contribution < 1.29 is 17.9 Å². The molecule has 1 heterocycles. The van der Waals surface area contributed by atoms with E-state index in [9.17, 15) is 13.2 Å². The summed E-state index contributed by atoms with van der Waals surface area (Å²) < 4.78 is 31.6. The van der Waals surface area contributed by atoms with Gasteiger partial charge in [0.25, 0.3) is 5.91 Å². The summed E-state index contributed by atoms with van der Waals surface area (Å²) in [5, 5.41) is 3.36. The van der Waals surface area contributed by atoms with Crippen LogP contribution in [0.2, 0.25) is 5.02 Å². The van der Waals surface area contributed by atoms with Gasteiger partial charge in [-0.15, -0.1) is 0 Å². The lowest BCUT2D eigenvalue weighted by Gasteiger charge is -2.26. The molecule has 27 heavy (non-hydrogen) atoms. The van der Waals surface area contributed by atoms with Gasteiger partial charge in [0.1, 0.15) is 0 Å². The van der Waals surface area contributed by atoms with Gasteiger partial charge in [0.2, 0.25) is 10.0 Å². The van der Waals surface area contributed by atoms with E-state index in [4.69, 9.17) is 16.3 Å². The van der Waals surface area contributed by atoms with Crippen LogP contribution in [0.4, 0.5) is 5.69 Å².